The lowest BCUT2D eigenvalue weighted by Gasteiger charge is -2.25. The molecule has 0 saturated heterocycles. The van der Waals surface area contributed by atoms with Crippen LogP contribution in [0.1, 0.15) is 0 Å². The minimum atomic E-state index is 0.872. The van der Waals surface area contributed by atoms with E-state index in [9.17, 15) is 0 Å². The highest BCUT2D eigenvalue weighted by Crippen LogP contribution is 2.45. The Morgan fingerprint density at radius 1 is 0.429 bits per heavy atom. The number of anilines is 3. The number of hydrogen-bond acceptors (Lipinski definition) is 2. The maximum absolute atomic E-state index is 6.85. The molecule has 0 amide bonds. The Hall–Kier alpha value is -6.58. The summed E-state index contributed by atoms with van der Waals surface area (Å²) >= 11 is 0. The van der Waals surface area contributed by atoms with Crippen LogP contribution in [0.5, 0.6) is 0 Å². The van der Waals surface area contributed by atoms with Crippen LogP contribution in [0.4, 0.5) is 17.1 Å². The van der Waals surface area contributed by atoms with Crippen LogP contribution in [-0.2, 0) is 0 Å². The van der Waals surface area contributed by atoms with E-state index in [2.05, 4.69) is 191 Å². The second kappa shape index (κ2) is 11.0. The molecule has 2 heterocycles. The summed E-state index contributed by atoms with van der Waals surface area (Å²) in [5.74, 6) is 0. The molecule has 0 fully saturated rings. The van der Waals surface area contributed by atoms with Gasteiger partial charge in [0.2, 0.25) is 0 Å². The third-order valence-corrected chi connectivity index (χ3v) is 9.73. The van der Waals surface area contributed by atoms with E-state index in [1.165, 1.54) is 32.6 Å². The maximum Gasteiger partial charge on any atom is 0.143 e. The molecule has 230 valence electrons. The van der Waals surface area contributed by atoms with Gasteiger partial charge in [-0.25, -0.2) is 0 Å². The molecule has 0 unspecified atom stereocenters. The van der Waals surface area contributed by atoms with Crippen molar-refractivity contribution in [3.8, 4) is 16.8 Å². The molecule has 0 radical (unpaired) electrons. The van der Waals surface area contributed by atoms with E-state index in [0.29, 0.717) is 0 Å². The van der Waals surface area contributed by atoms with Crippen molar-refractivity contribution in [2.75, 3.05) is 4.90 Å². The summed E-state index contributed by atoms with van der Waals surface area (Å²) in [4.78, 5) is 2.31. The van der Waals surface area contributed by atoms with Crippen molar-refractivity contribution in [2.45, 2.75) is 0 Å². The fourth-order valence-corrected chi connectivity index (χ4v) is 7.56. The number of rotatable bonds is 5. The smallest absolute Gasteiger partial charge is 0.143 e. The first-order valence-electron chi connectivity index (χ1n) is 16.7. The molecule has 3 heteroatoms. The molecule has 2 aromatic heterocycles. The Morgan fingerprint density at radius 3 is 1.82 bits per heavy atom. The van der Waals surface area contributed by atoms with Gasteiger partial charge in [-0.2, -0.15) is 0 Å². The van der Waals surface area contributed by atoms with Crippen LogP contribution in [0.15, 0.2) is 186 Å². The molecule has 0 aliphatic carbocycles. The Labute approximate surface area is 283 Å². The zero-order valence-corrected chi connectivity index (χ0v) is 26.6. The SMILES string of the molecule is c1ccc(N(c2ccccc2)c2ccc3oc4c(-c5ccc6c7ccccc7n(-c7ccccc7)c6c5)cc5ccccc5c4c3c2)cc1. The third-order valence-electron chi connectivity index (χ3n) is 9.73. The van der Waals surface area contributed by atoms with Gasteiger partial charge in [0.15, 0.2) is 0 Å². The zero-order valence-electron chi connectivity index (χ0n) is 26.6. The van der Waals surface area contributed by atoms with Crippen LogP contribution in [0.2, 0.25) is 0 Å². The summed E-state index contributed by atoms with van der Waals surface area (Å²) in [5.41, 5.74) is 10.8. The van der Waals surface area contributed by atoms with E-state index in [4.69, 9.17) is 4.42 Å². The highest BCUT2D eigenvalue weighted by atomic mass is 16.3. The van der Waals surface area contributed by atoms with Gasteiger partial charge in [-0.15, -0.1) is 0 Å². The molecule has 10 rings (SSSR count). The minimum absolute atomic E-state index is 0.872. The average Bonchev–Trinajstić information content (AvgIpc) is 3.72. The monoisotopic (exact) mass is 626 g/mol. The van der Waals surface area contributed by atoms with E-state index in [1.807, 2.05) is 0 Å². The number of fused-ring (bicyclic) bond motifs is 8. The van der Waals surface area contributed by atoms with E-state index in [1.54, 1.807) is 0 Å². The van der Waals surface area contributed by atoms with Crippen molar-refractivity contribution in [1.29, 1.82) is 0 Å². The Bertz CT molecular complexity index is 2770. The number of aromatic nitrogens is 1. The maximum atomic E-state index is 6.85. The van der Waals surface area contributed by atoms with Crippen molar-refractivity contribution in [3.05, 3.63) is 182 Å². The molecule has 8 aromatic carbocycles. The van der Waals surface area contributed by atoms with Crippen molar-refractivity contribution in [3.63, 3.8) is 0 Å². The molecule has 0 atom stereocenters. The second-order valence-corrected chi connectivity index (χ2v) is 12.6. The normalized spacial score (nSPS) is 11.7. The average molecular weight is 627 g/mol. The van der Waals surface area contributed by atoms with Gasteiger partial charge in [-0.3, -0.25) is 0 Å². The lowest BCUT2D eigenvalue weighted by Crippen LogP contribution is -2.09. The molecule has 0 saturated carbocycles. The molecule has 0 aliphatic heterocycles. The summed E-state index contributed by atoms with van der Waals surface area (Å²) in [6.07, 6.45) is 0. The lowest BCUT2D eigenvalue weighted by molar-refractivity contribution is 0.670. The van der Waals surface area contributed by atoms with Crippen LogP contribution in [0.25, 0.3) is 71.3 Å². The fourth-order valence-electron chi connectivity index (χ4n) is 7.56. The molecular weight excluding hydrogens is 597 g/mol. The van der Waals surface area contributed by atoms with Crippen LogP contribution in [-0.4, -0.2) is 4.57 Å². The number of nitrogens with zero attached hydrogens (tertiary/aromatic N) is 2. The van der Waals surface area contributed by atoms with Crippen molar-refractivity contribution < 1.29 is 4.42 Å². The van der Waals surface area contributed by atoms with Crippen LogP contribution < -0.4 is 4.90 Å². The van der Waals surface area contributed by atoms with Crippen molar-refractivity contribution in [2.24, 2.45) is 0 Å². The van der Waals surface area contributed by atoms with E-state index in [-0.39, 0.29) is 0 Å². The standard InChI is InChI=1S/C46H30N2O/c1-4-15-33(16-5-1)47(34-17-6-2-7-18-34)36-25-27-44-41(30-36)45-37-21-11-10-14-31(37)28-40(46(45)49-44)32-24-26-39-38-22-12-13-23-42(38)48(43(39)29-32)35-19-8-3-9-20-35/h1-30H. The van der Waals surface area contributed by atoms with E-state index in [0.717, 1.165) is 55.8 Å². The molecule has 3 nitrogen and oxygen atoms in total. The van der Waals surface area contributed by atoms with Gasteiger partial charge in [-0.1, -0.05) is 109 Å². The van der Waals surface area contributed by atoms with Gasteiger partial charge in [0.1, 0.15) is 11.2 Å². The summed E-state index contributed by atoms with van der Waals surface area (Å²) in [5, 5.41) is 7.08. The first kappa shape index (κ1) is 27.5. The summed E-state index contributed by atoms with van der Waals surface area (Å²) in [6.45, 7) is 0. The highest BCUT2D eigenvalue weighted by Gasteiger charge is 2.20. The number of hydrogen-bond donors (Lipinski definition) is 0. The Kier molecular flexibility index (Phi) is 6.18. The zero-order chi connectivity index (χ0) is 32.3. The third kappa shape index (κ3) is 4.37. The molecular formula is C46H30N2O. The summed E-state index contributed by atoms with van der Waals surface area (Å²) in [7, 11) is 0. The highest BCUT2D eigenvalue weighted by molar-refractivity contribution is 6.23. The van der Waals surface area contributed by atoms with Crippen LogP contribution in [0, 0.1) is 0 Å². The molecule has 0 N–H and O–H groups in total. The van der Waals surface area contributed by atoms with Gasteiger partial charge in [0, 0.05) is 49.9 Å². The van der Waals surface area contributed by atoms with Crippen molar-refractivity contribution in [1.82, 2.24) is 4.57 Å². The Balaban J connectivity index is 1.24. The second-order valence-electron chi connectivity index (χ2n) is 12.6. The summed E-state index contributed by atoms with van der Waals surface area (Å²) < 4.78 is 9.23. The van der Waals surface area contributed by atoms with Gasteiger partial charge < -0.3 is 13.9 Å². The summed E-state index contributed by atoms with van der Waals surface area (Å²) in [6, 6.07) is 64.8. The Morgan fingerprint density at radius 2 is 1.06 bits per heavy atom. The molecule has 0 spiro atoms. The molecule has 10 aromatic rings. The van der Waals surface area contributed by atoms with Crippen molar-refractivity contribution >= 4 is 71.6 Å². The molecule has 0 bridgehead atoms. The largest absolute Gasteiger partial charge is 0.455 e. The van der Waals surface area contributed by atoms with Gasteiger partial charge >= 0.3 is 0 Å². The minimum Gasteiger partial charge on any atom is -0.455 e. The topological polar surface area (TPSA) is 21.3 Å². The predicted octanol–water partition coefficient (Wildman–Crippen LogP) is 13.0. The first-order chi connectivity index (χ1) is 24.3. The van der Waals surface area contributed by atoms with Gasteiger partial charge in [-0.05, 0) is 89.1 Å². The number of benzene rings is 8. The lowest BCUT2D eigenvalue weighted by atomic mass is 9.95. The first-order valence-corrected chi connectivity index (χ1v) is 16.7. The van der Waals surface area contributed by atoms with E-state index >= 15 is 0 Å². The number of para-hydroxylation sites is 4. The van der Waals surface area contributed by atoms with E-state index < -0.39 is 0 Å². The molecule has 49 heavy (non-hydrogen) atoms. The van der Waals surface area contributed by atoms with Crippen LogP contribution >= 0.6 is 0 Å². The van der Waals surface area contributed by atoms with Gasteiger partial charge in [0.25, 0.3) is 0 Å². The quantitative estimate of drug-likeness (QED) is 0.190. The van der Waals surface area contributed by atoms with Gasteiger partial charge in [0.05, 0.1) is 11.0 Å². The fraction of sp³-hybridized carbons (Fsp3) is 0. The number of furan rings is 1. The predicted molar refractivity (Wildman–Crippen MR) is 206 cm³/mol. The molecule has 0 aliphatic rings. The van der Waals surface area contributed by atoms with Crippen LogP contribution in [0.3, 0.4) is 0 Å².